The summed E-state index contributed by atoms with van der Waals surface area (Å²) in [6.45, 7) is 0. The van der Waals surface area contributed by atoms with Crippen LogP contribution in [0.1, 0.15) is 0 Å². The largest absolute Gasteiger partial charge is 0.397 e. The highest BCUT2D eigenvalue weighted by molar-refractivity contribution is 9.10. The fourth-order valence-electron chi connectivity index (χ4n) is 1.45. The van der Waals surface area contributed by atoms with Gasteiger partial charge in [0.15, 0.2) is 5.82 Å². The van der Waals surface area contributed by atoms with Crippen molar-refractivity contribution >= 4 is 43.1 Å². The minimum atomic E-state index is -4.01. The van der Waals surface area contributed by atoms with E-state index in [4.69, 9.17) is 5.73 Å². The first-order valence-corrected chi connectivity index (χ1v) is 7.61. The Morgan fingerprint density at radius 1 is 1.29 bits per heavy atom. The first-order chi connectivity index (χ1) is 9.79. The van der Waals surface area contributed by atoms with Crippen molar-refractivity contribution in [3.8, 4) is 0 Å². The number of rotatable bonds is 4. The van der Waals surface area contributed by atoms with Crippen molar-refractivity contribution in [1.29, 1.82) is 0 Å². The highest BCUT2D eigenvalue weighted by atomic mass is 79.9. The minimum Gasteiger partial charge on any atom is -0.397 e. The summed E-state index contributed by atoms with van der Waals surface area (Å²) in [6.07, 6.45) is 2.53. The Bertz CT molecular complexity index is 794. The van der Waals surface area contributed by atoms with Crippen LogP contribution >= 0.6 is 15.9 Å². The molecule has 0 aliphatic heterocycles. The lowest BCUT2D eigenvalue weighted by atomic mass is 10.3. The molecule has 0 saturated carbocycles. The molecule has 0 spiro atoms. The SMILES string of the molecule is Nc1cc([N+](=O)[O-])ccc1S(=O)(=O)Nc1cnc(Br)cn1. The van der Waals surface area contributed by atoms with E-state index in [9.17, 15) is 18.5 Å². The molecule has 1 aromatic carbocycles. The van der Waals surface area contributed by atoms with Gasteiger partial charge in [-0.3, -0.25) is 14.8 Å². The van der Waals surface area contributed by atoms with E-state index in [1.807, 2.05) is 0 Å². The van der Waals surface area contributed by atoms with E-state index in [1.54, 1.807) is 0 Å². The number of benzene rings is 1. The molecule has 0 bridgehead atoms. The molecule has 0 saturated heterocycles. The lowest BCUT2D eigenvalue weighted by Gasteiger charge is -2.09. The second kappa shape index (κ2) is 5.61. The maximum absolute atomic E-state index is 12.1. The van der Waals surface area contributed by atoms with Gasteiger partial charge < -0.3 is 5.73 Å². The van der Waals surface area contributed by atoms with E-state index in [2.05, 4.69) is 30.6 Å². The van der Waals surface area contributed by atoms with Crippen LogP contribution in [-0.4, -0.2) is 23.3 Å². The molecule has 3 N–H and O–H groups in total. The number of nitrogens with zero attached hydrogens (tertiary/aromatic N) is 3. The Morgan fingerprint density at radius 2 is 2.00 bits per heavy atom. The molecule has 21 heavy (non-hydrogen) atoms. The fourth-order valence-corrected chi connectivity index (χ4v) is 2.76. The summed E-state index contributed by atoms with van der Waals surface area (Å²) in [5.41, 5.74) is 5.03. The van der Waals surface area contributed by atoms with Gasteiger partial charge in [-0.15, -0.1) is 0 Å². The quantitative estimate of drug-likeness (QED) is 0.470. The number of nitrogens with one attached hydrogen (secondary N) is 1. The number of anilines is 2. The average molecular weight is 374 g/mol. The zero-order valence-corrected chi connectivity index (χ0v) is 12.6. The summed E-state index contributed by atoms with van der Waals surface area (Å²) < 4.78 is 26.9. The van der Waals surface area contributed by atoms with Gasteiger partial charge in [0.1, 0.15) is 9.50 Å². The van der Waals surface area contributed by atoms with E-state index < -0.39 is 14.9 Å². The number of aromatic nitrogens is 2. The third-order valence-electron chi connectivity index (χ3n) is 2.35. The van der Waals surface area contributed by atoms with Crippen LogP contribution in [0.3, 0.4) is 0 Å². The standard InChI is InChI=1S/C10H8BrN5O4S/c11-9-4-14-10(5-13-9)15-21(19,20)8-2-1-6(16(17)18)3-7(8)12/h1-5H,12H2,(H,14,15). The van der Waals surface area contributed by atoms with Crippen LogP contribution < -0.4 is 10.5 Å². The molecule has 0 aliphatic rings. The number of nitro benzene ring substituents is 1. The third-order valence-corrected chi connectivity index (χ3v) is 4.19. The predicted molar refractivity (Wildman–Crippen MR) is 78.0 cm³/mol. The summed E-state index contributed by atoms with van der Waals surface area (Å²) in [7, 11) is -4.01. The molecule has 9 nitrogen and oxygen atoms in total. The zero-order chi connectivity index (χ0) is 15.6. The molecule has 11 heteroatoms. The molecular formula is C10H8BrN5O4S. The maximum atomic E-state index is 12.1. The molecule has 1 aromatic heterocycles. The number of sulfonamides is 1. The first kappa shape index (κ1) is 15.1. The molecular weight excluding hydrogens is 366 g/mol. The number of nitro groups is 1. The Labute approximate surface area is 127 Å². The summed E-state index contributed by atoms with van der Waals surface area (Å²) in [5, 5.41) is 10.6. The maximum Gasteiger partial charge on any atom is 0.271 e. The van der Waals surface area contributed by atoms with E-state index in [1.165, 1.54) is 12.4 Å². The molecule has 110 valence electrons. The summed E-state index contributed by atoms with van der Waals surface area (Å²) in [6, 6.07) is 3.09. The number of halogens is 1. The topological polar surface area (TPSA) is 141 Å². The Hall–Kier alpha value is -2.27. The number of hydrogen-bond donors (Lipinski definition) is 2. The highest BCUT2D eigenvalue weighted by Crippen LogP contribution is 2.25. The number of non-ortho nitro benzene ring substituents is 1. The van der Waals surface area contributed by atoms with E-state index in [0.717, 1.165) is 18.2 Å². The molecule has 0 fully saturated rings. The predicted octanol–water partition coefficient (Wildman–Crippen LogP) is 1.53. The molecule has 0 radical (unpaired) electrons. The van der Waals surface area contributed by atoms with Gasteiger partial charge in [-0.2, -0.15) is 0 Å². The second-order valence-corrected chi connectivity index (χ2v) is 6.27. The van der Waals surface area contributed by atoms with Crippen LogP contribution in [0.15, 0.2) is 40.1 Å². The average Bonchev–Trinajstić information content (AvgIpc) is 2.40. The van der Waals surface area contributed by atoms with Crippen molar-refractivity contribution in [3.63, 3.8) is 0 Å². The van der Waals surface area contributed by atoms with Crippen molar-refractivity contribution in [2.75, 3.05) is 10.5 Å². The van der Waals surface area contributed by atoms with Crippen LogP contribution in [0.2, 0.25) is 0 Å². The Balaban J connectivity index is 2.35. The van der Waals surface area contributed by atoms with Crippen LogP contribution in [0.4, 0.5) is 17.2 Å². The van der Waals surface area contributed by atoms with Crippen LogP contribution in [0.25, 0.3) is 0 Å². The van der Waals surface area contributed by atoms with E-state index >= 15 is 0 Å². The number of nitrogen functional groups attached to an aromatic ring is 1. The van der Waals surface area contributed by atoms with E-state index in [0.29, 0.717) is 4.60 Å². The van der Waals surface area contributed by atoms with Gasteiger partial charge in [0.2, 0.25) is 0 Å². The summed E-state index contributed by atoms with van der Waals surface area (Å²) >= 11 is 3.07. The van der Waals surface area contributed by atoms with Gasteiger partial charge in [0, 0.05) is 12.1 Å². The van der Waals surface area contributed by atoms with E-state index in [-0.39, 0.29) is 22.1 Å². The zero-order valence-electron chi connectivity index (χ0n) is 10.2. The van der Waals surface area contributed by atoms with Crippen LogP contribution in [0, 0.1) is 10.1 Å². The Morgan fingerprint density at radius 3 is 2.52 bits per heavy atom. The smallest absolute Gasteiger partial charge is 0.271 e. The van der Waals surface area contributed by atoms with Crippen LogP contribution in [-0.2, 0) is 10.0 Å². The third kappa shape index (κ3) is 3.44. The van der Waals surface area contributed by atoms with Gasteiger partial charge in [0.25, 0.3) is 15.7 Å². The monoisotopic (exact) mass is 373 g/mol. The van der Waals surface area contributed by atoms with Gasteiger partial charge in [-0.05, 0) is 22.0 Å². The van der Waals surface area contributed by atoms with Crippen LogP contribution in [0.5, 0.6) is 0 Å². The van der Waals surface area contributed by atoms with Crippen molar-refractivity contribution in [1.82, 2.24) is 9.97 Å². The van der Waals surface area contributed by atoms with Crippen molar-refractivity contribution < 1.29 is 13.3 Å². The highest BCUT2D eigenvalue weighted by Gasteiger charge is 2.20. The number of hydrogen-bond acceptors (Lipinski definition) is 7. The molecule has 0 atom stereocenters. The molecule has 0 amide bonds. The van der Waals surface area contributed by atoms with Crippen molar-refractivity contribution in [2.45, 2.75) is 4.90 Å². The van der Waals surface area contributed by atoms with Gasteiger partial charge in [-0.25, -0.2) is 18.4 Å². The summed E-state index contributed by atoms with van der Waals surface area (Å²) in [5.74, 6) is -0.00375. The Kier molecular flexibility index (Phi) is 4.04. The lowest BCUT2D eigenvalue weighted by Crippen LogP contribution is -2.16. The van der Waals surface area contributed by atoms with Gasteiger partial charge in [-0.1, -0.05) is 0 Å². The van der Waals surface area contributed by atoms with Gasteiger partial charge >= 0.3 is 0 Å². The normalized spacial score (nSPS) is 11.1. The van der Waals surface area contributed by atoms with Gasteiger partial charge in [0.05, 0.1) is 23.0 Å². The summed E-state index contributed by atoms with van der Waals surface area (Å²) in [4.78, 5) is 17.3. The molecule has 2 aromatic rings. The molecule has 1 heterocycles. The molecule has 2 rings (SSSR count). The van der Waals surface area contributed by atoms with Crippen molar-refractivity contribution in [2.24, 2.45) is 0 Å². The fraction of sp³-hybridized carbons (Fsp3) is 0. The second-order valence-electron chi connectivity index (χ2n) is 3.81. The molecule has 0 unspecified atom stereocenters. The first-order valence-electron chi connectivity index (χ1n) is 5.34. The lowest BCUT2D eigenvalue weighted by molar-refractivity contribution is -0.384. The van der Waals surface area contributed by atoms with Crippen molar-refractivity contribution in [3.05, 3.63) is 45.3 Å². The molecule has 0 aliphatic carbocycles. The number of nitrogens with two attached hydrogens (primary N) is 1. The minimum absolute atomic E-state index is 0.00375.